The molecule has 0 fully saturated rings. The quantitative estimate of drug-likeness (QED) is 0.825. The summed E-state index contributed by atoms with van der Waals surface area (Å²) in [7, 11) is -4.38. The summed E-state index contributed by atoms with van der Waals surface area (Å²) >= 11 is 11.3. The van der Waals surface area contributed by atoms with E-state index in [1.165, 1.54) is 0 Å². The fraction of sp³-hybridized carbons (Fsp3) is 0. The van der Waals surface area contributed by atoms with Gasteiger partial charge in [0, 0.05) is 0 Å². The van der Waals surface area contributed by atoms with Crippen LogP contribution in [0.15, 0.2) is 35.2 Å². The van der Waals surface area contributed by atoms with E-state index < -0.39 is 32.3 Å². The second kappa shape index (κ2) is 5.67. The highest BCUT2D eigenvalue weighted by molar-refractivity contribution is 7.92. The highest BCUT2D eigenvalue weighted by Crippen LogP contribution is 2.35. The van der Waals surface area contributed by atoms with Crippen molar-refractivity contribution in [3.8, 4) is 5.75 Å². The second-order valence-corrected chi connectivity index (χ2v) is 6.43. The number of phenols is 1. The van der Waals surface area contributed by atoms with Crippen molar-refractivity contribution in [2.45, 2.75) is 4.90 Å². The van der Waals surface area contributed by atoms with Gasteiger partial charge in [-0.05, 0) is 30.3 Å². The lowest BCUT2D eigenvalue weighted by Crippen LogP contribution is -2.15. The van der Waals surface area contributed by atoms with E-state index >= 15 is 0 Å². The van der Waals surface area contributed by atoms with Crippen LogP contribution in [0, 0.1) is 11.6 Å². The van der Waals surface area contributed by atoms with Crippen molar-refractivity contribution in [3.63, 3.8) is 0 Å². The molecule has 4 nitrogen and oxygen atoms in total. The van der Waals surface area contributed by atoms with Crippen LogP contribution in [-0.2, 0) is 10.0 Å². The molecule has 112 valence electrons. The third kappa shape index (κ3) is 3.37. The maximum atomic E-state index is 13.5. The van der Waals surface area contributed by atoms with Gasteiger partial charge >= 0.3 is 0 Å². The molecule has 9 heteroatoms. The largest absolute Gasteiger partial charge is 0.505 e. The minimum Gasteiger partial charge on any atom is -0.505 e. The molecule has 0 amide bonds. The van der Waals surface area contributed by atoms with Crippen molar-refractivity contribution in [2.75, 3.05) is 4.72 Å². The van der Waals surface area contributed by atoms with Gasteiger partial charge in [-0.2, -0.15) is 0 Å². The third-order valence-corrected chi connectivity index (χ3v) is 4.42. The first-order chi connectivity index (χ1) is 9.70. The average Bonchev–Trinajstić information content (AvgIpc) is 2.38. The fourth-order valence-electron chi connectivity index (χ4n) is 1.52. The van der Waals surface area contributed by atoms with Crippen LogP contribution in [0.2, 0.25) is 10.0 Å². The summed E-state index contributed by atoms with van der Waals surface area (Å²) in [6.07, 6.45) is 0. The van der Waals surface area contributed by atoms with E-state index in [2.05, 4.69) is 0 Å². The molecule has 0 radical (unpaired) electrons. The van der Waals surface area contributed by atoms with Crippen LogP contribution in [0.5, 0.6) is 5.75 Å². The van der Waals surface area contributed by atoms with Crippen LogP contribution in [0.1, 0.15) is 0 Å². The molecule has 2 rings (SSSR count). The summed E-state index contributed by atoms with van der Waals surface area (Å²) in [5.74, 6) is -2.43. The predicted octanol–water partition coefficient (Wildman–Crippen LogP) is 3.78. The summed E-state index contributed by atoms with van der Waals surface area (Å²) in [5, 5.41) is 8.99. The summed E-state index contributed by atoms with van der Waals surface area (Å²) in [5.41, 5.74) is -0.105. The SMILES string of the molecule is O=S(=O)(Nc1cc(Cl)c(O)c(Cl)c1)c1cc(F)ccc1F. The molecule has 2 aromatic carbocycles. The Balaban J connectivity index is 2.45. The number of phenolic OH excluding ortho intramolecular Hbond substituents is 1. The third-order valence-electron chi connectivity index (χ3n) is 2.45. The Hall–Kier alpha value is -1.57. The Kier molecular flexibility index (Phi) is 4.27. The number of aromatic hydroxyl groups is 1. The molecular weight excluding hydrogens is 347 g/mol. The first-order valence-corrected chi connectivity index (χ1v) is 7.60. The zero-order valence-electron chi connectivity index (χ0n) is 10.1. The molecule has 0 bridgehead atoms. The minimum atomic E-state index is -4.38. The molecule has 2 N–H and O–H groups in total. The highest BCUT2D eigenvalue weighted by Gasteiger charge is 2.21. The molecule has 0 unspecified atom stereocenters. The standard InChI is InChI=1S/C12H7Cl2F2NO3S/c13-8-4-7(5-9(14)12(8)18)17-21(19,20)11-3-6(15)1-2-10(11)16/h1-5,17-18H. The smallest absolute Gasteiger partial charge is 0.264 e. The topological polar surface area (TPSA) is 66.4 Å². The van der Waals surface area contributed by atoms with E-state index in [1.54, 1.807) is 0 Å². The Labute approximate surface area is 129 Å². The summed E-state index contributed by atoms with van der Waals surface area (Å²) in [6, 6.07) is 4.19. The van der Waals surface area contributed by atoms with Gasteiger partial charge in [-0.15, -0.1) is 0 Å². The Morgan fingerprint density at radius 2 is 1.62 bits per heavy atom. The van der Waals surface area contributed by atoms with E-state index in [0.29, 0.717) is 12.1 Å². The molecule has 0 aliphatic carbocycles. The zero-order chi connectivity index (χ0) is 15.8. The fourth-order valence-corrected chi connectivity index (χ4v) is 3.14. The van der Waals surface area contributed by atoms with E-state index in [9.17, 15) is 22.3 Å². The van der Waals surface area contributed by atoms with Gasteiger partial charge in [-0.3, -0.25) is 4.72 Å². The summed E-state index contributed by atoms with van der Waals surface area (Å²) < 4.78 is 52.6. The van der Waals surface area contributed by atoms with Crippen molar-refractivity contribution < 1.29 is 22.3 Å². The van der Waals surface area contributed by atoms with Gasteiger partial charge in [0.15, 0.2) is 5.75 Å². The first-order valence-electron chi connectivity index (χ1n) is 5.36. The van der Waals surface area contributed by atoms with Gasteiger partial charge in [0.25, 0.3) is 10.0 Å². The maximum absolute atomic E-state index is 13.5. The van der Waals surface area contributed by atoms with Crippen molar-refractivity contribution in [2.24, 2.45) is 0 Å². The van der Waals surface area contributed by atoms with Gasteiger partial charge < -0.3 is 5.11 Å². The summed E-state index contributed by atoms with van der Waals surface area (Å²) in [4.78, 5) is -0.859. The molecule has 0 aromatic heterocycles. The van der Waals surface area contributed by atoms with Crippen molar-refractivity contribution >= 4 is 38.9 Å². The van der Waals surface area contributed by atoms with Crippen LogP contribution >= 0.6 is 23.2 Å². The van der Waals surface area contributed by atoms with Gasteiger partial charge in [0.2, 0.25) is 0 Å². The number of benzene rings is 2. The number of anilines is 1. The van der Waals surface area contributed by atoms with E-state index in [-0.39, 0.29) is 15.7 Å². The molecule has 0 aliphatic rings. The molecule has 21 heavy (non-hydrogen) atoms. The number of halogens is 4. The normalized spacial score (nSPS) is 11.4. The van der Waals surface area contributed by atoms with Crippen LogP contribution < -0.4 is 4.72 Å². The molecule has 0 atom stereocenters. The number of sulfonamides is 1. The Bertz CT molecular complexity index is 789. The molecule has 0 spiro atoms. The van der Waals surface area contributed by atoms with Crippen molar-refractivity contribution in [1.29, 1.82) is 0 Å². The maximum Gasteiger partial charge on any atom is 0.264 e. The lowest BCUT2D eigenvalue weighted by Gasteiger charge is -2.10. The Morgan fingerprint density at radius 3 is 2.19 bits per heavy atom. The van der Waals surface area contributed by atoms with E-state index in [4.69, 9.17) is 23.2 Å². The Morgan fingerprint density at radius 1 is 1.05 bits per heavy atom. The van der Waals surface area contributed by atoms with Gasteiger partial charge in [-0.1, -0.05) is 23.2 Å². The molecule has 0 saturated heterocycles. The second-order valence-electron chi connectivity index (χ2n) is 3.97. The van der Waals surface area contributed by atoms with Crippen molar-refractivity contribution in [3.05, 3.63) is 52.0 Å². The monoisotopic (exact) mass is 353 g/mol. The molecule has 0 saturated carbocycles. The van der Waals surface area contributed by atoms with E-state index in [0.717, 1.165) is 18.2 Å². The molecule has 0 heterocycles. The molecular formula is C12H7Cl2F2NO3S. The number of hydrogen-bond donors (Lipinski definition) is 2. The van der Waals surface area contributed by atoms with Crippen LogP contribution in [-0.4, -0.2) is 13.5 Å². The van der Waals surface area contributed by atoms with Crippen LogP contribution in [0.25, 0.3) is 0 Å². The van der Waals surface area contributed by atoms with Crippen LogP contribution in [0.4, 0.5) is 14.5 Å². The predicted molar refractivity (Wildman–Crippen MR) is 75.3 cm³/mol. The first kappa shape index (κ1) is 15.8. The van der Waals surface area contributed by atoms with Crippen molar-refractivity contribution in [1.82, 2.24) is 0 Å². The average molecular weight is 354 g/mol. The highest BCUT2D eigenvalue weighted by atomic mass is 35.5. The molecule has 0 aliphatic heterocycles. The van der Waals surface area contributed by atoms with E-state index in [1.807, 2.05) is 4.72 Å². The van der Waals surface area contributed by atoms with Crippen LogP contribution in [0.3, 0.4) is 0 Å². The number of hydrogen-bond acceptors (Lipinski definition) is 3. The summed E-state index contributed by atoms with van der Waals surface area (Å²) in [6.45, 7) is 0. The molecule has 2 aromatic rings. The van der Waals surface area contributed by atoms with Gasteiger partial charge in [0.1, 0.15) is 16.5 Å². The number of nitrogens with one attached hydrogen (secondary N) is 1. The minimum absolute atomic E-state index is 0.105. The zero-order valence-corrected chi connectivity index (χ0v) is 12.4. The number of rotatable bonds is 3. The lowest BCUT2D eigenvalue weighted by atomic mass is 10.3. The van der Waals surface area contributed by atoms with Gasteiger partial charge in [-0.25, -0.2) is 17.2 Å². The lowest BCUT2D eigenvalue weighted by molar-refractivity contribution is 0.476. The van der Waals surface area contributed by atoms with Gasteiger partial charge in [0.05, 0.1) is 15.7 Å².